The average molecular weight is 566 g/mol. The summed E-state index contributed by atoms with van der Waals surface area (Å²) in [4.78, 5) is 34.7. The van der Waals surface area contributed by atoms with Gasteiger partial charge in [0.15, 0.2) is 0 Å². The number of ether oxygens (including phenoxy) is 1. The molecule has 0 radical (unpaired) electrons. The molecule has 2 amide bonds. The van der Waals surface area contributed by atoms with Crippen LogP contribution in [0.2, 0.25) is 0 Å². The molecular weight excluding hydrogens is 539 g/mol. The Labute approximate surface area is 210 Å². The van der Waals surface area contributed by atoms with Crippen LogP contribution in [0.5, 0.6) is 0 Å². The number of rotatable bonds is 9. The average Bonchev–Trinajstić information content (AvgIpc) is 3.19. The molecule has 1 aromatic rings. The first-order valence-electron chi connectivity index (χ1n) is 9.27. The Kier molecular flexibility index (Phi) is 11.6. The van der Waals surface area contributed by atoms with Crippen LogP contribution in [-0.4, -0.2) is 136 Å². The van der Waals surface area contributed by atoms with Gasteiger partial charge in [-0.05, 0) is 0 Å². The molecule has 11 nitrogen and oxygen atoms in total. The van der Waals surface area contributed by atoms with E-state index in [0.717, 1.165) is 6.92 Å². The molecule has 170 valence electrons. The molecule has 0 bridgehead atoms. The van der Waals surface area contributed by atoms with Crippen molar-refractivity contribution in [3.05, 3.63) is 19.8 Å². The van der Waals surface area contributed by atoms with E-state index in [4.69, 9.17) is 9.84 Å². The van der Waals surface area contributed by atoms with Gasteiger partial charge in [-0.15, -0.1) is 0 Å². The van der Waals surface area contributed by atoms with E-state index in [9.17, 15) is 34.8 Å². The number of carbonyl (C=O) groups is 3. The topological polar surface area (TPSA) is 186 Å². The van der Waals surface area contributed by atoms with Crippen LogP contribution < -0.4 is 10.6 Å². The fourth-order valence-electron chi connectivity index (χ4n) is 3.15. The van der Waals surface area contributed by atoms with E-state index in [0.29, 0.717) is 6.42 Å². The summed E-state index contributed by atoms with van der Waals surface area (Å²) in [6.45, 7) is 0.769. The zero-order valence-electron chi connectivity index (χ0n) is 16.2. The van der Waals surface area contributed by atoms with Crippen LogP contribution in [0.3, 0.4) is 0 Å². The van der Waals surface area contributed by atoms with E-state index >= 15 is 0 Å². The summed E-state index contributed by atoms with van der Waals surface area (Å²) < 4.78 is 8.40. The summed E-state index contributed by atoms with van der Waals surface area (Å²) in [6, 6.07) is 2.65. The van der Waals surface area contributed by atoms with Gasteiger partial charge in [0, 0.05) is 6.92 Å². The van der Waals surface area contributed by atoms with Crippen molar-refractivity contribution < 1.29 is 44.7 Å². The van der Waals surface area contributed by atoms with Gasteiger partial charge >= 0.3 is 190 Å². The molecule has 6 atom stereocenters. The number of hydrogen-bond acceptors (Lipinski definition) is 8. The van der Waals surface area contributed by atoms with Gasteiger partial charge in [-0.25, -0.2) is 4.79 Å². The van der Waals surface area contributed by atoms with Crippen LogP contribution in [0.4, 0.5) is 0 Å². The van der Waals surface area contributed by atoms with Gasteiger partial charge in [-0.2, -0.15) is 0 Å². The van der Waals surface area contributed by atoms with Gasteiger partial charge in [-0.3, -0.25) is 4.79 Å². The minimum atomic E-state index is -2.81. The van der Waals surface area contributed by atoms with Crippen molar-refractivity contribution >= 4 is 67.8 Å². The number of amides is 2. The Balaban J connectivity index is 0.00000480. The molecule has 0 saturated carbocycles. The number of aliphatic hydroxyl groups is 4. The molecule has 0 aromatic carbocycles. The number of aryl methyl sites for hydroxylation is 1. The first-order chi connectivity index (χ1) is 14.0. The fourth-order valence-corrected chi connectivity index (χ4v) is 5.17. The van der Waals surface area contributed by atoms with E-state index < -0.39 is 54.5 Å². The van der Waals surface area contributed by atoms with E-state index in [-0.39, 0.29) is 68.9 Å². The third-order valence-electron chi connectivity index (χ3n) is 4.71. The Morgan fingerprint density at radius 2 is 2.03 bits per heavy atom. The summed E-state index contributed by atoms with van der Waals surface area (Å²) in [7, 11) is 0. The van der Waals surface area contributed by atoms with E-state index in [2.05, 4.69) is 14.7 Å². The molecule has 1 aliphatic rings. The molecular formula is C18H27N2NaO9Te. The predicted molar refractivity (Wildman–Crippen MR) is 110 cm³/mol. The maximum atomic E-state index is 12.0. The summed E-state index contributed by atoms with van der Waals surface area (Å²) >= 11 is -0.338. The van der Waals surface area contributed by atoms with Crippen LogP contribution in [0.15, 0.2) is 16.2 Å². The first kappa shape index (κ1) is 28.5. The van der Waals surface area contributed by atoms with Crippen molar-refractivity contribution in [1.29, 1.82) is 0 Å². The normalized spacial score (nSPS) is 27.5. The number of carbonyl (C=O) groups excluding carboxylic acids is 2. The standard InChI is InChI=1S/C18H26N2O9Te.Na.H/c1-9(21)20-14-11(22)7-18(28,17(26)27)29-16(14)15(25)12(23)8-19-13(24)5-4-10-3-2-6-30-10;;/h2-3,6,11-12,14-16,22-23,25,28H,4-5,7-8H2,1H3,(H,19,24)(H,20,21)(H,26,27);;/t11-,12+,14+,15+,16+,18?;;/m0../s1. The van der Waals surface area contributed by atoms with Gasteiger partial charge in [0.25, 0.3) is 0 Å². The van der Waals surface area contributed by atoms with E-state index in [1.165, 1.54) is 3.58 Å². The molecule has 31 heavy (non-hydrogen) atoms. The molecule has 13 heteroatoms. The molecule has 1 unspecified atom stereocenters. The number of aliphatic hydroxyl groups excluding tert-OH is 3. The molecule has 0 spiro atoms. The Bertz CT molecular complexity index is 750. The number of carboxylic acid groups (broad SMARTS) is 1. The number of hydrogen-bond donors (Lipinski definition) is 7. The number of aliphatic carboxylic acids is 1. The molecule has 0 aliphatic carbocycles. The van der Waals surface area contributed by atoms with Crippen LogP contribution in [0.1, 0.15) is 23.3 Å². The van der Waals surface area contributed by atoms with Crippen molar-refractivity contribution in [3.63, 3.8) is 0 Å². The van der Waals surface area contributed by atoms with Crippen molar-refractivity contribution in [2.75, 3.05) is 6.54 Å². The predicted octanol–water partition coefficient (Wildman–Crippen LogP) is -3.71. The molecule has 1 aromatic heterocycles. The fraction of sp³-hybridized carbons (Fsp3) is 0.611. The number of nitrogens with one attached hydrogen (secondary N) is 2. The SMILES string of the molecule is CC(=O)N[C@H]1[C@H]([C@H](O)[C@H](O)CNC(=O)CCc2ccc[te]2)OC(O)(C(=O)O)C[C@@H]1O.[NaH]. The molecule has 2 rings (SSSR count). The third kappa shape index (κ3) is 8.08. The summed E-state index contributed by atoms with van der Waals surface area (Å²) in [5.41, 5.74) is 0. The Morgan fingerprint density at radius 3 is 2.58 bits per heavy atom. The minimum absolute atomic E-state index is 0. The van der Waals surface area contributed by atoms with Gasteiger partial charge in [0.2, 0.25) is 0 Å². The summed E-state index contributed by atoms with van der Waals surface area (Å²) in [5.74, 6) is -5.54. The Hall–Kier alpha value is -0.520. The van der Waals surface area contributed by atoms with Gasteiger partial charge < -0.3 is 5.11 Å². The zero-order chi connectivity index (χ0) is 22.5. The summed E-state index contributed by atoms with van der Waals surface area (Å²) in [5, 5.41) is 55.0. The third-order valence-corrected chi connectivity index (χ3v) is 7.38. The van der Waals surface area contributed by atoms with E-state index in [1.807, 2.05) is 12.1 Å². The van der Waals surface area contributed by atoms with Crippen molar-refractivity contribution in [1.82, 2.24) is 10.6 Å². The van der Waals surface area contributed by atoms with Gasteiger partial charge in [-0.1, -0.05) is 0 Å². The van der Waals surface area contributed by atoms with Crippen molar-refractivity contribution in [2.24, 2.45) is 0 Å². The van der Waals surface area contributed by atoms with Crippen molar-refractivity contribution in [3.8, 4) is 0 Å². The molecule has 1 saturated heterocycles. The second kappa shape index (κ2) is 12.6. The van der Waals surface area contributed by atoms with Crippen molar-refractivity contribution in [2.45, 2.75) is 62.4 Å². The monoisotopic (exact) mass is 568 g/mol. The number of carboxylic acids is 1. The van der Waals surface area contributed by atoms with Gasteiger partial charge in [0.1, 0.15) is 0 Å². The van der Waals surface area contributed by atoms with Crippen LogP contribution in [0, 0.1) is 0 Å². The zero-order valence-corrected chi connectivity index (χ0v) is 18.6. The second-order valence-corrected chi connectivity index (χ2v) is 10.1. The van der Waals surface area contributed by atoms with Crippen LogP contribution in [-0.2, 0) is 25.5 Å². The first-order valence-corrected chi connectivity index (χ1v) is 11.8. The second-order valence-electron chi connectivity index (χ2n) is 7.11. The molecule has 1 aliphatic heterocycles. The van der Waals surface area contributed by atoms with Crippen LogP contribution >= 0.6 is 0 Å². The van der Waals surface area contributed by atoms with Crippen LogP contribution in [0.25, 0.3) is 0 Å². The van der Waals surface area contributed by atoms with E-state index in [1.54, 1.807) is 0 Å². The molecule has 7 N–H and O–H groups in total. The quantitative estimate of drug-likeness (QED) is 0.148. The van der Waals surface area contributed by atoms with Gasteiger partial charge in [0.05, 0.1) is 0 Å². The Morgan fingerprint density at radius 1 is 1.35 bits per heavy atom. The molecule has 2 heterocycles. The summed E-state index contributed by atoms with van der Waals surface area (Å²) in [6.07, 6.45) is -6.58. The molecule has 1 fully saturated rings. The maximum absolute atomic E-state index is 12.0.